The van der Waals surface area contributed by atoms with Gasteiger partial charge in [-0.3, -0.25) is 4.99 Å². The molecule has 0 spiro atoms. The summed E-state index contributed by atoms with van der Waals surface area (Å²) in [6, 6.07) is 10.9. The van der Waals surface area contributed by atoms with Crippen molar-refractivity contribution in [2.75, 3.05) is 26.8 Å². The number of rotatable bonds is 6. The molecule has 0 atom stereocenters. The normalized spacial score (nSPS) is 23.0. The van der Waals surface area contributed by atoms with Crippen molar-refractivity contribution in [3.05, 3.63) is 35.9 Å². The Labute approximate surface area is 127 Å². The van der Waals surface area contributed by atoms with Crippen LogP contribution in [0.1, 0.15) is 37.2 Å². The van der Waals surface area contributed by atoms with Gasteiger partial charge in [-0.15, -0.1) is 0 Å². The van der Waals surface area contributed by atoms with Crippen LogP contribution in [-0.4, -0.2) is 32.8 Å². The molecular weight excluding hydrogens is 262 g/mol. The zero-order valence-corrected chi connectivity index (χ0v) is 12.9. The lowest BCUT2D eigenvalue weighted by Gasteiger charge is -2.28. The Morgan fingerprint density at radius 2 is 1.95 bits per heavy atom. The number of nitrogens with one attached hydrogen (secondary N) is 1. The fourth-order valence-corrected chi connectivity index (χ4v) is 2.97. The van der Waals surface area contributed by atoms with Gasteiger partial charge in [-0.25, -0.2) is 0 Å². The maximum atomic E-state index is 5.83. The predicted octanol–water partition coefficient (Wildman–Crippen LogP) is 2.51. The van der Waals surface area contributed by atoms with E-state index in [0.717, 1.165) is 12.5 Å². The van der Waals surface area contributed by atoms with Gasteiger partial charge in [-0.05, 0) is 43.1 Å². The second-order valence-electron chi connectivity index (χ2n) is 5.77. The SMILES string of the molecule is COCCNC(N)=NCC1CCC(c2ccccc2)CC1. The molecule has 0 aromatic heterocycles. The first kappa shape index (κ1) is 15.8. The molecule has 116 valence electrons. The van der Waals surface area contributed by atoms with Crippen molar-refractivity contribution in [1.29, 1.82) is 0 Å². The summed E-state index contributed by atoms with van der Waals surface area (Å²) >= 11 is 0. The molecule has 3 N–H and O–H groups in total. The third kappa shape index (κ3) is 5.38. The van der Waals surface area contributed by atoms with E-state index in [1.54, 1.807) is 7.11 Å². The van der Waals surface area contributed by atoms with Gasteiger partial charge in [0.15, 0.2) is 5.96 Å². The van der Waals surface area contributed by atoms with Crippen LogP contribution in [0.15, 0.2) is 35.3 Å². The standard InChI is InChI=1S/C17H27N3O/c1-21-12-11-19-17(18)20-13-14-7-9-16(10-8-14)15-5-3-2-4-6-15/h2-6,14,16H,7-13H2,1H3,(H3,18,19,20). The van der Waals surface area contributed by atoms with Crippen LogP contribution >= 0.6 is 0 Å². The van der Waals surface area contributed by atoms with Crippen LogP contribution in [0.4, 0.5) is 0 Å². The molecule has 1 aromatic carbocycles. The van der Waals surface area contributed by atoms with Crippen LogP contribution in [0.3, 0.4) is 0 Å². The first-order valence-electron chi connectivity index (χ1n) is 7.87. The minimum atomic E-state index is 0.539. The Morgan fingerprint density at radius 3 is 2.62 bits per heavy atom. The van der Waals surface area contributed by atoms with Crippen LogP contribution in [0.25, 0.3) is 0 Å². The number of hydrogen-bond donors (Lipinski definition) is 2. The number of benzene rings is 1. The smallest absolute Gasteiger partial charge is 0.188 e. The lowest BCUT2D eigenvalue weighted by atomic mass is 9.79. The molecule has 0 radical (unpaired) electrons. The van der Waals surface area contributed by atoms with Gasteiger partial charge in [0.1, 0.15) is 0 Å². The average molecular weight is 289 g/mol. The molecule has 1 aliphatic carbocycles. The number of hydrogen-bond acceptors (Lipinski definition) is 2. The second-order valence-corrected chi connectivity index (χ2v) is 5.77. The third-order valence-electron chi connectivity index (χ3n) is 4.25. The number of aliphatic imine (C=N–C) groups is 1. The molecule has 1 fully saturated rings. The fourth-order valence-electron chi connectivity index (χ4n) is 2.97. The fraction of sp³-hybridized carbons (Fsp3) is 0.588. The molecule has 0 aliphatic heterocycles. The molecule has 0 unspecified atom stereocenters. The van der Waals surface area contributed by atoms with Crippen LogP contribution in [-0.2, 0) is 4.74 Å². The molecule has 0 bridgehead atoms. The monoisotopic (exact) mass is 289 g/mol. The van der Waals surface area contributed by atoms with Crippen LogP contribution in [0, 0.1) is 5.92 Å². The molecule has 1 saturated carbocycles. The van der Waals surface area contributed by atoms with E-state index in [1.165, 1.54) is 31.2 Å². The van der Waals surface area contributed by atoms with Crippen molar-refractivity contribution in [3.8, 4) is 0 Å². The minimum Gasteiger partial charge on any atom is -0.383 e. The summed E-state index contributed by atoms with van der Waals surface area (Å²) < 4.78 is 4.97. The van der Waals surface area contributed by atoms with Crippen molar-refractivity contribution in [1.82, 2.24) is 5.32 Å². The molecule has 2 rings (SSSR count). The van der Waals surface area contributed by atoms with Crippen LogP contribution in [0.5, 0.6) is 0 Å². The van der Waals surface area contributed by atoms with Crippen molar-refractivity contribution in [2.45, 2.75) is 31.6 Å². The number of guanidine groups is 1. The lowest BCUT2D eigenvalue weighted by Crippen LogP contribution is -2.34. The maximum Gasteiger partial charge on any atom is 0.188 e. The third-order valence-corrected chi connectivity index (χ3v) is 4.25. The number of methoxy groups -OCH3 is 1. The second kappa shape index (κ2) is 8.67. The molecule has 1 aromatic rings. The van der Waals surface area contributed by atoms with E-state index in [4.69, 9.17) is 10.5 Å². The van der Waals surface area contributed by atoms with Gasteiger partial charge in [-0.2, -0.15) is 0 Å². The van der Waals surface area contributed by atoms with Gasteiger partial charge in [0.2, 0.25) is 0 Å². The zero-order chi connectivity index (χ0) is 14.9. The van der Waals surface area contributed by atoms with Gasteiger partial charge >= 0.3 is 0 Å². The molecular formula is C17H27N3O. The summed E-state index contributed by atoms with van der Waals surface area (Å²) in [6.45, 7) is 2.21. The van der Waals surface area contributed by atoms with Gasteiger partial charge < -0.3 is 15.8 Å². The van der Waals surface area contributed by atoms with Crippen molar-refractivity contribution >= 4 is 5.96 Å². The molecule has 0 amide bonds. The summed E-state index contributed by atoms with van der Waals surface area (Å²) in [5.74, 6) is 1.94. The molecule has 4 heteroatoms. The van der Waals surface area contributed by atoms with E-state index >= 15 is 0 Å². The van der Waals surface area contributed by atoms with E-state index in [9.17, 15) is 0 Å². The topological polar surface area (TPSA) is 59.6 Å². The Hall–Kier alpha value is -1.55. The van der Waals surface area contributed by atoms with Gasteiger partial charge in [0.05, 0.1) is 6.61 Å². The highest BCUT2D eigenvalue weighted by molar-refractivity contribution is 5.77. The highest BCUT2D eigenvalue weighted by Gasteiger charge is 2.21. The van der Waals surface area contributed by atoms with E-state index in [1.807, 2.05) is 0 Å². The average Bonchev–Trinajstić information content (AvgIpc) is 2.54. The van der Waals surface area contributed by atoms with Crippen LogP contribution < -0.4 is 11.1 Å². The number of nitrogens with two attached hydrogens (primary N) is 1. The summed E-state index contributed by atoms with van der Waals surface area (Å²) in [5, 5.41) is 3.06. The lowest BCUT2D eigenvalue weighted by molar-refractivity contribution is 0.204. The summed E-state index contributed by atoms with van der Waals surface area (Å²) in [4.78, 5) is 4.45. The van der Waals surface area contributed by atoms with Gasteiger partial charge in [0, 0.05) is 20.2 Å². The summed E-state index contributed by atoms with van der Waals surface area (Å²) in [5.41, 5.74) is 7.32. The van der Waals surface area contributed by atoms with Crippen molar-refractivity contribution < 1.29 is 4.74 Å². The molecule has 0 saturated heterocycles. The quantitative estimate of drug-likeness (QED) is 0.480. The van der Waals surface area contributed by atoms with E-state index in [2.05, 4.69) is 40.6 Å². The summed E-state index contributed by atoms with van der Waals surface area (Å²) in [7, 11) is 1.68. The van der Waals surface area contributed by atoms with Crippen molar-refractivity contribution in [2.24, 2.45) is 16.6 Å². The molecule has 4 nitrogen and oxygen atoms in total. The van der Waals surface area contributed by atoms with Crippen molar-refractivity contribution in [3.63, 3.8) is 0 Å². The molecule has 1 aliphatic rings. The first-order valence-corrected chi connectivity index (χ1v) is 7.87. The Bertz CT molecular complexity index is 425. The first-order chi connectivity index (χ1) is 10.3. The minimum absolute atomic E-state index is 0.539. The Morgan fingerprint density at radius 1 is 1.24 bits per heavy atom. The van der Waals surface area contributed by atoms with Crippen LogP contribution in [0.2, 0.25) is 0 Å². The highest BCUT2D eigenvalue weighted by atomic mass is 16.5. The van der Waals surface area contributed by atoms with E-state index in [0.29, 0.717) is 25.0 Å². The largest absolute Gasteiger partial charge is 0.383 e. The Kier molecular flexibility index (Phi) is 6.54. The highest BCUT2D eigenvalue weighted by Crippen LogP contribution is 2.35. The van der Waals surface area contributed by atoms with Gasteiger partial charge in [-0.1, -0.05) is 30.3 Å². The molecule has 21 heavy (non-hydrogen) atoms. The zero-order valence-electron chi connectivity index (χ0n) is 12.9. The predicted molar refractivity (Wildman–Crippen MR) is 87.5 cm³/mol. The maximum absolute atomic E-state index is 5.83. The van der Waals surface area contributed by atoms with E-state index in [-0.39, 0.29) is 0 Å². The summed E-state index contributed by atoms with van der Waals surface area (Å²) in [6.07, 6.45) is 5.02. The molecule has 0 heterocycles. The number of nitrogens with zero attached hydrogens (tertiary/aromatic N) is 1. The van der Waals surface area contributed by atoms with E-state index < -0.39 is 0 Å². The number of ether oxygens (including phenoxy) is 1. The van der Waals surface area contributed by atoms with Gasteiger partial charge in [0.25, 0.3) is 0 Å². The Balaban J connectivity index is 1.70.